The van der Waals surface area contributed by atoms with E-state index >= 15 is 0 Å². The van der Waals surface area contributed by atoms with Crippen molar-refractivity contribution < 1.29 is 19.3 Å². The van der Waals surface area contributed by atoms with Crippen molar-refractivity contribution >= 4 is 11.8 Å². The Bertz CT molecular complexity index is 1050. The molecular weight excluding hydrogens is 401 g/mol. The summed E-state index contributed by atoms with van der Waals surface area (Å²) < 4.78 is 19.2. The number of aliphatic hydroxyl groups is 2. The molecule has 1 aliphatic rings. The van der Waals surface area contributed by atoms with Gasteiger partial charge in [0.2, 0.25) is 0 Å². The van der Waals surface area contributed by atoms with Crippen LogP contribution in [0.15, 0.2) is 70.5 Å². The lowest BCUT2D eigenvalue weighted by Gasteiger charge is -2.25. The fourth-order valence-corrected chi connectivity index (χ4v) is 4.51. The third-order valence-corrected chi connectivity index (χ3v) is 6.57. The van der Waals surface area contributed by atoms with E-state index in [4.69, 9.17) is 10.5 Å². The van der Waals surface area contributed by atoms with Crippen molar-refractivity contribution in [2.75, 3.05) is 13.2 Å². The van der Waals surface area contributed by atoms with Gasteiger partial charge in [-0.2, -0.15) is 0 Å². The van der Waals surface area contributed by atoms with Gasteiger partial charge in [-0.3, -0.25) is 0 Å². The number of aryl methyl sites for hydroxylation is 1. The van der Waals surface area contributed by atoms with Crippen molar-refractivity contribution in [2.45, 2.75) is 34.6 Å². The number of ether oxygens (including phenoxy) is 1. The lowest BCUT2D eigenvalue weighted by molar-refractivity contribution is 0.115. The molecule has 0 aromatic heterocycles. The first kappa shape index (κ1) is 20.9. The zero-order chi connectivity index (χ0) is 21.1. The van der Waals surface area contributed by atoms with E-state index in [1.54, 1.807) is 23.9 Å². The molecule has 0 radical (unpaired) electrons. The normalized spacial score (nSPS) is 12.9. The van der Waals surface area contributed by atoms with Crippen LogP contribution in [0, 0.1) is 5.82 Å². The van der Waals surface area contributed by atoms with E-state index in [1.807, 2.05) is 18.2 Å². The van der Waals surface area contributed by atoms with E-state index < -0.39 is 5.54 Å². The van der Waals surface area contributed by atoms with Crippen LogP contribution in [-0.4, -0.2) is 29.0 Å². The summed E-state index contributed by atoms with van der Waals surface area (Å²) in [5.74, 6) is 0.823. The van der Waals surface area contributed by atoms with Crippen LogP contribution in [-0.2, 0) is 12.8 Å². The fraction of sp³-hybridized carbons (Fsp3) is 0.250. The molecule has 1 aliphatic heterocycles. The van der Waals surface area contributed by atoms with Crippen LogP contribution in [0.4, 0.5) is 4.39 Å². The maximum atomic E-state index is 13.4. The summed E-state index contributed by atoms with van der Waals surface area (Å²) in [7, 11) is 0. The van der Waals surface area contributed by atoms with Gasteiger partial charge in [0, 0.05) is 15.9 Å². The Morgan fingerprint density at radius 3 is 2.37 bits per heavy atom. The van der Waals surface area contributed by atoms with Crippen LogP contribution in [0.5, 0.6) is 11.5 Å². The first-order valence-corrected chi connectivity index (χ1v) is 10.7. The minimum Gasteiger partial charge on any atom is -0.457 e. The number of nitrogens with two attached hydrogens (primary N) is 1. The highest BCUT2D eigenvalue weighted by Crippen LogP contribution is 2.41. The van der Waals surface area contributed by atoms with Gasteiger partial charge in [0.25, 0.3) is 0 Å². The van der Waals surface area contributed by atoms with Crippen molar-refractivity contribution in [1.82, 2.24) is 0 Å². The average molecular weight is 426 g/mol. The van der Waals surface area contributed by atoms with Crippen molar-refractivity contribution in [1.29, 1.82) is 0 Å². The SMILES string of the molecule is NC(CO)(CO)CCc1ccc2c(c1)Cc1cc(Oc3cccc(F)c3)ccc1S2. The van der Waals surface area contributed by atoms with Gasteiger partial charge >= 0.3 is 0 Å². The van der Waals surface area contributed by atoms with E-state index in [0.29, 0.717) is 24.3 Å². The number of benzene rings is 3. The maximum absolute atomic E-state index is 13.4. The lowest BCUT2D eigenvalue weighted by Crippen LogP contribution is -2.47. The van der Waals surface area contributed by atoms with Crippen LogP contribution >= 0.6 is 11.8 Å². The first-order valence-electron chi connectivity index (χ1n) is 9.85. The van der Waals surface area contributed by atoms with Gasteiger partial charge in [-0.05, 0) is 72.4 Å². The molecule has 1 heterocycles. The molecule has 4 N–H and O–H groups in total. The Hall–Kier alpha value is -2.38. The first-order chi connectivity index (χ1) is 14.5. The minimum atomic E-state index is -0.958. The number of hydrogen-bond donors (Lipinski definition) is 3. The highest BCUT2D eigenvalue weighted by Gasteiger charge is 2.23. The molecular formula is C24H24FNO3S. The van der Waals surface area contributed by atoms with Gasteiger partial charge in [0.05, 0.1) is 18.8 Å². The second kappa shape index (κ2) is 8.78. The van der Waals surface area contributed by atoms with Gasteiger partial charge in [-0.15, -0.1) is 0 Å². The van der Waals surface area contributed by atoms with Gasteiger partial charge in [0.1, 0.15) is 17.3 Å². The third kappa shape index (κ3) is 4.68. The molecule has 4 nitrogen and oxygen atoms in total. The van der Waals surface area contributed by atoms with Crippen molar-refractivity contribution in [2.24, 2.45) is 5.73 Å². The smallest absolute Gasteiger partial charge is 0.130 e. The summed E-state index contributed by atoms with van der Waals surface area (Å²) in [6, 6.07) is 18.4. The number of aliphatic hydroxyl groups excluding tert-OH is 2. The van der Waals surface area contributed by atoms with Crippen molar-refractivity contribution in [3.05, 3.63) is 83.2 Å². The van der Waals surface area contributed by atoms with E-state index in [1.165, 1.54) is 27.5 Å². The van der Waals surface area contributed by atoms with Gasteiger partial charge in [-0.25, -0.2) is 4.39 Å². The molecule has 30 heavy (non-hydrogen) atoms. The topological polar surface area (TPSA) is 75.7 Å². The Balaban J connectivity index is 1.50. The zero-order valence-corrected chi connectivity index (χ0v) is 17.3. The highest BCUT2D eigenvalue weighted by atomic mass is 32.2. The van der Waals surface area contributed by atoms with E-state index in [2.05, 4.69) is 18.2 Å². The van der Waals surface area contributed by atoms with Crippen LogP contribution in [0.25, 0.3) is 0 Å². The largest absolute Gasteiger partial charge is 0.457 e. The number of hydrogen-bond acceptors (Lipinski definition) is 5. The third-order valence-electron chi connectivity index (χ3n) is 5.33. The molecule has 0 aliphatic carbocycles. The molecule has 0 atom stereocenters. The fourth-order valence-electron chi connectivity index (χ4n) is 3.47. The van der Waals surface area contributed by atoms with Crippen LogP contribution in [0.2, 0.25) is 0 Å². The summed E-state index contributed by atoms with van der Waals surface area (Å²) >= 11 is 1.72. The Morgan fingerprint density at radius 1 is 0.933 bits per heavy atom. The van der Waals surface area contributed by atoms with Gasteiger partial charge < -0.3 is 20.7 Å². The molecule has 0 unspecified atom stereocenters. The summed E-state index contributed by atoms with van der Waals surface area (Å²) in [6.45, 7) is -0.489. The maximum Gasteiger partial charge on any atom is 0.130 e. The quantitative estimate of drug-likeness (QED) is 0.412. The number of fused-ring (bicyclic) bond motifs is 2. The average Bonchev–Trinajstić information content (AvgIpc) is 2.76. The molecule has 0 bridgehead atoms. The number of rotatable bonds is 7. The predicted octanol–water partition coefficient (Wildman–Crippen LogP) is 4.29. The Kier molecular flexibility index (Phi) is 6.11. The van der Waals surface area contributed by atoms with E-state index in [0.717, 1.165) is 17.5 Å². The molecule has 3 aromatic rings. The number of halogens is 1. The van der Waals surface area contributed by atoms with E-state index in [9.17, 15) is 14.6 Å². The monoisotopic (exact) mass is 425 g/mol. The molecule has 0 saturated heterocycles. The zero-order valence-electron chi connectivity index (χ0n) is 16.5. The highest BCUT2D eigenvalue weighted by molar-refractivity contribution is 7.99. The molecule has 0 fully saturated rings. The molecule has 0 spiro atoms. The Labute approximate surface area is 179 Å². The predicted molar refractivity (Wildman–Crippen MR) is 116 cm³/mol. The second-order valence-electron chi connectivity index (χ2n) is 7.73. The molecule has 6 heteroatoms. The molecule has 0 amide bonds. The summed E-state index contributed by atoms with van der Waals surface area (Å²) in [4.78, 5) is 2.40. The van der Waals surface area contributed by atoms with Gasteiger partial charge in [-0.1, -0.05) is 30.0 Å². The summed E-state index contributed by atoms with van der Waals surface area (Å²) in [5.41, 5.74) is 8.55. The van der Waals surface area contributed by atoms with Crippen molar-refractivity contribution in [3.63, 3.8) is 0 Å². The minimum absolute atomic E-state index is 0.244. The summed E-state index contributed by atoms with van der Waals surface area (Å²) in [5, 5.41) is 18.8. The molecule has 156 valence electrons. The van der Waals surface area contributed by atoms with Crippen LogP contribution in [0.3, 0.4) is 0 Å². The van der Waals surface area contributed by atoms with Crippen molar-refractivity contribution in [3.8, 4) is 11.5 Å². The lowest BCUT2D eigenvalue weighted by atomic mass is 9.92. The summed E-state index contributed by atoms with van der Waals surface area (Å²) in [6.07, 6.45) is 1.97. The molecule has 4 rings (SSSR count). The van der Waals surface area contributed by atoms with Crippen LogP contribution in [0.1, 0.15) is 23.1 Å². The van der Waals surface area contributed by atoms with Crippen LogP contribution < -0.4 is 10.5 Å². The molecule has 0 saturated carbocycles. The standard InChI is InChI=1S/C24H24FNO3S/c25-19-2-1-3-20(13-19)29-21-5-7-23-18(12-21)11-17-10-16(4-6-22(17)30-23)8-9-24(26,14-27)15-28/h1-7,10,12-13,27-28H,8-9,11,14-15,26H2. The van der Waals surface area contributed by atoms with Gasteiger partial charge in [0.15, 0.2) is 0 Å². The molecule has 3 aromatic carbocycles. The Morgan fingerprint density at radius 2 is 1.63 bits per heavy atom. The van der Waals surface area contributed by atoms with E-state index in [-0.39, 0.29) is 19.0 Å². The second-order valence-corrected chi connectivity index (χ2v) is 8.81.